The van der Waals surface area contributed by atoms with E-state index in [1.165, 1.54) is 24.3 Å². The molecule has 0 unspecified atom stereocenters. The second kappa shape index (κ2) is 8.78. The number of aryl methyl sites for hydroxylation is 1. The Labute approximate surface area is 205 Å². The van der Waals surface area contributed by atoms with Crippen LogP contribution in [0, 0.1) is 25.5 Å². The van der Waals surface area contributed by atoms with Crippen molar-refractivity contribution in [2.24, 2.45) is 0 Å². The predicted octanol–water partition coefficient (Wildman–Crippen LogP) is 6.08. The zero-order valence-corrected chi connectivity index (χ0v) is 20.0. The molecular weight excluding hydrogens is 466 g/mol. The summed E-state index contributed by atoms with van der Waals surface area (Å²) in [6.07, 6.45) is 0. The van der Waals surface area contributed by atoms with Gasteiger partial charge in [0.15, 0.2) is 5.43 Å². The molecule has 0 fully saturated rings. The van der Waals surface area contributed by atoms with E-state index in [1.807, 2.05) is 17.9 Å². The van der Waals surface area contributed by atoms with Crippen molar-refractivity contribution in [1.82, 2.24) is 0 Å². The second-order valence-corrected chi connectivity index (χ2v) is 9.19. The molecule has 0 aliphatic carbocycles. The Morgan fingerprint density at radius 2 is 1.83 bits per heavy atom. The second-order valence-electron chi connectivity index (χ2n) is 9.19. The van der Waals surface area contributed by atoms with Crippen molar-refractivity contribution in [1.29, 1.82) is 0 Å². The number of hydrogen-bond donors (Lipinski definition) is 2. The van der Waals surface area contributed by atoms with Gasteiger partial charge in [0, 0.05) is 18.7 Å². The zero-order chi connectivity index (χ0) is 25.7. The topological polar surface area (TPSA) is 82.8 Å². The summed E-state index contributed by atoms with van der Waals surface area (Å²) in [4.78, 5) is 27.0. The summed E-state index contributed by atoms with van der Waals surface area (Å²) in [5.74, 6) is -2.14. The molecule has 36 heavy (non-hydrogen) atoms. The van der Waals surface area contributed by atoms with Crippen LogP contribution in [0.4, 0.5) is 20.4 Å². The largest absolute Gasteiger partial charge is 0.478 e. The number of halogens is 2. The number of rotatable bonds is 5. The lowest BCUT2D eigenvalue weighted by Gasteiger charge is -2.22. The highest BCUT2D eigenvalue weighted by atomic mass is 19.1. The third kappa shape index (κ3) is 3.98. The number of hydrogen-bond acceptors (Lipinski definition) is 5. The number of nitrogens with zero attached hydrogens (tertiary/aromatic N) is 1. The van der Waals surface area contributed by atoms with Crippen molar-refractivity contribution in [2.45, 2.75) is 39.9 Å². The number of aromatic carboxylic acids is 1. The van der Waals surface area contributed by atoms with E-state index in [4.69, 9.17) is 4.42 Å². The maximum absolute atomic E-state index is 14.2. The third-order valence-corrected chi connectivity index (χ3v) is 6.61. The third-order valence-electron chi connectivity index (χ3n) is 6.61. The highest BCUT2D eigenvalue weighted by molar-refractivity contribution is 5.94. The van der Waals surface area contributed by atoms with Gasteiger partial charge in [-0.15, -0.1) is 0 Å². The van der Waals surface area contributed by atoms with Crippen LogP contribution in [0.3, 0.4) is 0 Å². The summed E-state index contributed by atoms with van der Waals surface area (Å²) in [6, 6.07) is 11.8. The molecule has 0 amide bonds. The maximum Gasteiger partial charge on any atom is 0.340 e. The fourth-order valence-corrected chi connectivity index (χ4v) is 4.86. The normalized spacial score (nSPS) is 13.6. The van der Waals surface area contributed by atoms with Gasteiger partial charge in [-0.25, -0.2) is 13.6 Å². The Bertz CT molecular complexity index is 1600. The molecule has 0 saturated carbocycles. The number of carbonyl (C=O) groups is 1. The molecular formula is C28H24F2N2O4. The minimum atomic E-state index is -1.38. The molecule has 1 aliphatic heterocycles. The first kappa shape index (κ1) is 23.5. The Morgan fingerprint density at radius 1 is 1.08 bits per heavy atom. The van der Waals surface area contributed by atoms with Crippen LogP contribution in [0.15, 0.2) is 57.7 Å². The summed E-state index contributed by atoms with van der Waals surface area (Å²) in [5, 5.41) is 13.0. The summed E-state index contributed by atoms with van der Waals surface area (Å²) < 4.78 is 34.3. The van der Waals surface area contributed by atoms with E-state index in [2.05, 4.69) is 5.32 Å². The number of anilines is 2. The Morgan fingerprint density at radius 3 is 2.58 bits per heavy atom. The summed E-state index contributed by atoms with van der Waals surface area (Å²) in [5.41, 5.74) is 3.56. The van der Waals surface area contributed by atoms with Crippen molar-refractivity contribution < 1.29 is 23.1 Å². The fraction of sp³-hybridized carbons (Fsp3) is 0.214. The molecule has 1 aliphatic rings. The number of fused-ring (bicyclic) bond motifs is 2. The first-order valence-electron chi connectivity index (χ1n) is 11.5. The minimum Gasteiger partial charge on any atom is -0.478 e. The number of nitrogens with one attached hydrogen (secondary N) is 1. The van der Waals surface area contributed by atoms with Crippen LogP contribution < -0.4 is 15.6 Å². The van der Waals surface area contributed by atoms with Crippen molar-refractivity contribution >= 4 is 28.5 Å². The molecule has 5 rings (SSSR count). The highest BCUT2D eigenvalue weighted by Crippen LogP contribution is 2.35. The van der Waals surface area contributed by atoms with Gasteiger partial charge in [0.2, 0.25) is 5.88 Å². The molecule has 1 atom stereocenters. The maximum atomic E-state index is 14.2. The monoisotopic (exact) mass is 490 g/mol. The lowest BCUT2D eigenvalue weighted by atomic mass is 10.00. The van der Waals surface area contributed by atoms with E-state index in [0.717, 1.165) is 22.8 Å². The molecule has 0 spiro atoms. The van der Waals surface area contributed by atoms with Gasteiger partial charge in [-0.05, 0) is 67.8 Å². The molecule has 3 aromatic carbocycles. The first-order chi connectivity index (χ1) is 17.1. The van der Waals surface area contributed by atoms with Crippen molar-refractivity contribution in [2.75, 3.05) is 10.2 Å². The van der Waals surface area contributed by atoms with Gasteiger partial charge in [0.25, 0.3) is 0 Å². The Balaban J connectivity index is 1.60. The number of carboxylic acids is 1. The molecule has 6 nitrogen and oxygen atoms in total. The lowest BCUT2D eigenvalue weighted by Crippen LogP contribution is -2.20. The van der Waals surface area contributed by atoms with Gasteiger partial charge >= 0.3 is 5.97 Å². The molecule has 184 valence electrons. The number of benzene rings is 3. The van der Waals surface area contributed by atoms with Gasteiger partial charge in [0.1, 0.15) is 22.8 Å². The molecule has 0 bridgehead atoms. The van der Waals surface area contributed by atoms with Crippen LogP contribution >= 0.6 is 0 Å². The lowest BCUT2D eigenvalue weighted by molar-refractivity contribution is 0.0693. The van der Waals surface area contributed by atoms with Crippen LogP contribution in [0.2, 0.25) is 0 Å². The molecule has 0 saturated heterocycles. The van der Waals surface area contributed by atoms with Crippen LogP contribution in [-0.2, 0) is 13.1 Å². The van der Waals surface area contributed by atoms with E-state index < -0.39 is 23.4 Å². The summed E-state index contributed by atoms with van der Waals surface area (Å²) >= 11 is 0. The highest BCUT2D eigenvalue weighted by Gasteiger charge is 2.26. The van der Waals surface area contributed by atoms with Gasteiger partial charge in [-0.1, -0.05) is 18.2 Å². The average Bonchev–Trinajstić information content (AvgIpc) is 3.23. The standard InChI is InChI=1S/C28H24F2N2O4/c1-14-9-20(16(3)31-23-6-4-5-22(30)24(23)28(34)35)26-21(10-14)25(33)15(2)27(36-26)32-12-17-7-8-19(29)11-18(17)13-32/h4-11,16,31H,12-13H2,1-3H3,(H,34,35)/t16-/m0/s1. The summed E-state index contributed by atoms with van der Waals surface area (Å²) in [6.45, 7) is 6.24. The quantitative estimate of drug-likeness (QED) is 0.353. The van der Waals surface area contributed by atoms with Gasteiger partial charge in [-0.2, -0.15) is 0 Å². The van der Waals surface area contributed by atoms with Crippen LogP contribution in [0.5, 0.6) is 0 Å². The molecule has 0 radical (unpaired) electrons. The van der Waals surface area contributed by atoms with Crippen molar-refractivity contribution in [3.8, 4) is 0 Å². The number of carboxylic acid groups (broad SMARTS) is 1. The van der Waals surface area contributed by atoms with E-state index in [9.17, 15) is 23.5 Å². The van der Waals surface area contributed by atoms with Crippen LogP contribution in [0.25, 0.3) is 11.0 Å². The van der Waals surface area contributed by atoms with Crippen LogP contribution in [0.1, 0.15) is 51.1 Å². The SMILES string of the molecule is Cc1cc([C@H](C)Nc2cccc(F)c2C(=O)O)c2oc(N3Cc4ccc(F)cc4C3)c(C)c(=O)c2c1. The van der Waals surface area contributed by atoms with Crippen molar-refractivity contribution in [3.05, 3.63) is 104 Å². The van der Waals surface area contributed by atoms with E-state index in [1.54, 1.807) is 26.0 Å². The fourth-order valence-electron chi connectivity index (χ4n) is 4.86. The van der Waals surface area contributed by atoms with E-state index in [0.29, 0.717) is 41.1 Å². The minimum absolute atomic E-state index is 0.122. The molecule has 2 heterocycles. The van der Waals surface area contributed by atoms with Gasteiger partial charge in [-0.3, -0.25) is 4.79 Å². The Hall–Kier alpha value is -4.20. The van der Waals surface area contributed by atoms with Crippen molar-refractivity contribution in [3.63, 3.8) is 0 Å². The molecule has 2 N–H and O–H groups in total. The zero-order valence-electron chi connectivity index (χ0n) is 20.0. The van der Waals surface area contributed by atoms with E-state index in [-0.39, 0.29) is 16.9 Å². The molecule has 8 heteroatoms. The van der Waals surface area contributed by atoms with E-state index >= 15 is 0 Å². The Kier molecular flexibility index (Phi) is 5.74. The van der Waals surface area contributed by atoms with Gasteiger partial charge < -0.3 is 19.7 Å². The smallest absolute Gasteiger partial charge is 0.340 e. The predicted molar refractivity (Wildman–Crippen MR) is 134 cm³/mol. The average molecular weight is 491 g/mol. The summed E-state index contributed by atoms with van der Waals surface area (Å²) in [7, 11) is 0. The first-order valence-corrected chi connectivity index (χ1v) is 11.5. The molecule has 1 aromatic heterocycles. The van der Waals surface area contributed by atoms with Crippen LogP contribution in [-0.4, -0.2) is 11.1 Å². The van der Waals surface area contributed by atoms with Gasteiger partial charge in [0.05, 0.1) is 22.7 Å². The molecule has 4 aromatic rings.